The van der Waals surface area contributed by atoms with Crippen molar-refractivity contribution in [3.8, 4) is 0 Å². The molecule has 0 amide bonds. The number of allylic oxidation sites excluding steroid dienone is 2. The van der Waals surface area contributed by atoms with Crippen LogP contribution in [0.3, 0.4) is 0 Å². The molecular weight excluding hydrogens is 168 g/mol. The molecule has 0 aliphatic heterocycles. The molecule has 0 radical (unpaired) electrons. The Kier molecular flexibility index (Phi) is 2.88. The number of rotatable bonds is 2. The molecule has 3 nitrogen and oxygen atoms in total. The molecule has 0 saturated heterocycles. The number of ketones is 1. The van der Waals surface area contributed by atoms with E-state index in [1.54, 1.807) is 12.2 Å². The molecule has 1 N–H and O–H groups in total. The normalized spacial score (nSPS) is 27.7. The second-order valence-electron chi connectivity index (χ2n) is 3.23. The molecule has 0 aromatic rings. The first-order valence-corrected chi connectivity index (χ1v) is 4.22. The van der Waals surface area contributed by atoms with E-state index in [1.807, 2.05) is 6.92 Å². The van der Waals surface area contributed by atoms with Crippen LogP contribution in [0.15, 0.2) is 23.5 Å². The zero-order chi connectivity index (χ0) is 10.0. The molecule has 3 heteroatoms. The van der Waals surface area contributed by atoms with Crippen LogP contribution in [0.2, 0.25) is 0 Å². The highest BCUT2D eigenvalue weighted by Gasteiger charge is 2.23. The third-order valence-corrected chi connectivity index (χ3v) is 2.17. The number of carbonyl (C=O) groups is 1. The van der Waals surface area contributed by atoms with Crippen molar-refractivity contribution in [2.75, 3.05) is 7.11 Å². The Morgan fingerprint density at radius 1 is 1.62 bits per heavy atom. The maximum absolute atomic E-state index is 11.1. The fourth-order valence-corrected chi connectivity index (χ4v) is 1.32. The van der Waals surface area contributed by atoms with Crippen molar-refractivity contribution in [3.63, 3.8) is 0 Å². The van der Waals surface area contributed by atoms with Gasteiger partial charge in [0.15, 0.2) is 5.78 Å². The minimum atomic E-state index is -0.631. The van der Waals surface area contributed by atoms with Crippen molar-refractivity contribution >= 4 is 5.78 Å². The van der Waals surface area contributed by atoms with Crippen LogP contribution < -0.4 is 0 Å². The van der Waals surface area contributed by atoms with Crippen LogP contribution >= 0.6 is 0 Å². The van der Waals surface area contributed by atoms with Gasteiger partial charge in [0.1, 0.15) is 11.9 Å². The van der Waals surface area contributed by atoms with Gasteiger partial charge in [-0.15, -0.1) is 0 Å². The first-order chi connectivity index (χ1) is 6.06. The fourth-order valence-electron chi connectivity index (χ4n) is 1.32. The van der Waals surface area contributed by atoms with Gasteiger partial charge in [0.05, 0.1) is 7.11 Å². The molecule has 0 aromatic heterocycles. The Bertz CT molecular complexity index is 276. The highest BCUT2D eigenvalue weighted by Crippen LogP contribution is 2.23. The number of carbonyl (C=O) groups excluding carboxylic acids is 1. The van der Waals surface area contributed by atoms with Crippen LogP contribution in [0.4, 0.5) is 0 Å². The molecule has 0 spiro atoms. The summed E-state index contributed by atoms with van der Waals surface area (Å²) < 4.78 is 4.97. The van der Waals surface area contributed by atoms with E-state index >= 15 is 0 Å². The van der Waals surface area contributed by atoms with Gasteiger partial charge in [0, 0.05) is 11.5 Å². The molecule has 0 bridgehead atoms. The number of aliphatic hydroxyl groups excluding tert-OH is 1. The Morgan fingerprint density at radius 2 is 2.23 bits per heavy atom. The van der Waals surface area contributed by atoms with Crippen molar-refractivity contribution in [1.82, 2.24) is 0 Å². The van der Waals surface area contributed by atoms with Crippen molar-refractivity contribution in [2.45, 2.75) is 20.0 Å². The van der Waals surface area contributed by atoms with Gasteiger partial charge in [0.25, 0.3) is 0 Å². The van der Waals surface area contributed by atoms with E-state index in [0.717, 1.165) is 0 Å². The molecule has 1 rings (SSSR count). The van der Waals surface area contributed by atoms with Crippen LogP contribution in [0, 0.1) is 5.92 Å². The van der Waals surface area contributed by atoms with Gasteiger partial charge >= 0.3 is 0 Å². The average Bonchev–Trinajstić information content (AvgIpc) is 2.09. The summed E-state index contributed by atoms with van der Waals surface area (Å²) in [7, 11) is 1.49. The van der Waals surface area contributed by atoms with Gasteiger partial charge in [-0.05, 0) is 13.0 Å². The predicted octanol–water partition coefficient (Wildman–Crippen LogP) is 1.04. The van der Waals surface area contributed by atoms with E-state index in [1.165, 1.54) is 14.0 Å². The second kappa shape index (κ2) is 3.75. The molecule has 0 aromatic carbocycles. The summed E-state index contributed by atoms with van der Waals surface area (Å²) in [6.07, 6.45) is 2.72. The van der Waals surface area contributed by atoms with Gasteiger partial charge in [0.2, 0.25) is 0 Å². The number of hydrogen-bond donors (Lipinski definition) is 1. The summed E-state index contributed by atoms with van der Waals surface area (Å²) in [5.41, 5.74) is 0.606. The molecule has 72 valence electrons. The highest BCUT2D eigenvalue weighted by molar-refractivity contribution is 5.96. The smallest absolute Gasteiger partial charge is 0.159 e. The Labute approximate surface area is 77.7 Å². The summed E-state index contributed by atoms with van der Waals surface area (Å²) in [6, 6.07) is 0. The van der Waals surface area contributed by atoms with Crippen LogP contribution in [0.25, 0.3) is 0 Å². The highest BCUT2D eigenvalue weighted by atomic mass is 16.5. The van der Waals surface area contributed by atoms with Gasteiger partial charge in [-0.1, -0.05) is 13.0 Å². The van der Waals surface area contributed by atoms with Crippen molar-refractivity contribution in [3.05, 3.63) is 23.5 Å². The number of Topliss-reactive ketones (excluding diaryl/α,β-unsaturated/α-hetero) is 1. The maximum Gasteiger partial charge on any atom is 0.159 e. The largest absolute Gasteiger partial charge is 0.498 e. The summed E-state index contributed by atoms with van der Waals surface area (Å²) in [5, 5.41) is 9.59. The van der Waals surface area contributed by atoms with Gasteiger partial charge in [-0.25, -0.2) is 0 Å². The fraction of sp³-hybridized carbons (Fsp3) is 0.500. The lowest BCUT2D eigenvalue weighted by molar-refractivity contribution is -0.113. The van der Waals surface area contributed by atoms with Gasteiger partial charge in [-0.3, -0.25) is 4.79 Å². The number of hydrogen-bond acceptors (Lipinski definition) is 3. The molecule has 2 atom stereocenters. The van der Waals surface area contributed by atoms with Crippen LogP contribution in [0.1, 0.15) is 13.8 Å². The quantitative estimate of drug-likeness (QED) is 0.694. The van der Waals surface area contributed by atoms with Crippen LogP contribution in [-0.4, -0.2) is 24.1 Å². The SMILES string of the molecule is COC1=CC(C(C)=O)=CC(C)C1O. The van der Waals surface area contributed by atoms with E-state index in [9.17, 15) is 9.90 Å². The second-order valence-corrected chi connectivity index (χ2v) is 3.23. The lowest BCUT2D eigenvalue weighted by Gasteiger charge is -2.22. The van der Waals surface area contributed by atoms with E-state index in [-0.39, 0.29) is 11.7 Å². The Morgan fingerprint density at radius 3 is 2.69 bits per heavy atom. The molecule has 1 aliphatic rings. The zero-order valence-corrected chi connectivity index (χ0v) is 8.07. The van der Waals surface area contributed by atoms with E-state index in [0.29, 0.717) is 11.3 Å². The first-order valence-electron chi connectivity index (χ1n) is 4.22. The van der Waals surface area contributed by atoms with Crippen LogP contribution in [0.5, 0.6) is 0 Å². The first kappa shape index (κ1) is 9.99. The molecule has 1 aliphatic carbocycles. The minimum Gasteiger partial charge on any atom is -0.498 e. The lowest BCUT2D eigenvalue weighted by Crippen LogP contribution is -2.24. The topological polar surface area (TPSA) is 46.5 Å². The van der Waals surface area contributed by atoms with Crippen molar-refractivity contribution < 1.29 is 14.6 Å². The summed E-state index contributed by atoms with van der Waals surface area (Å²) in [4.78, 5) is 11.1. The molecule has 0 fully saturated rings. The zero-order valence-electron chi connectivity index (χ0n) is 8.07. The molecule has 13 heavy (non-hydrogen) atoms. The number of methoxy groups -OCH3 is 1. The average molecular weight is 182 g/mol. The predicted molar refractivity (Wildman–Crippen MR) is 49.0 cm³/mol. The standard InChI is InChI=1S/C10H14O3/c1-6-4-8(7(2)11)5-9(13-3)10(6)12/h4-6,10,12H,1-3H3. The Balaban J connectivity index is 2.97. The summed E-state index contributed by atoms with van der Waals surface area (Å²) in [5.74, 6) is 0.382. The van der Waals surface area contributed by atoms with E-state index in [4.69, 9.17) is 4.74 Å². The summed E-state index contributed by atoms with van der Waals surface area (Å²) >= 11 is 0. The third-order valence-electron chi connectivity index (χ3n) is 2.17. The Hall–Kier alpha value is -1.09. The lowest BCUT2D eigenvalue weighted by atomic mass is 9.92. The molecule has 0 heterocycles. The van der Waals surface area contributed by atoms with Crippen molar-refractivity contribution in [1.29, 1.82) is 0 Å². The van der Waals surface area contributed by atoms with E-state index in [2.05, 4.69) is 0 Å². The molecular formula is C10H14O3. The minimum absolute atomic E-state index is 0.00620. The maximum atomic E-state index is 11.1. The number of aliphatic hydroxyl groups is 1. The number of ether oxygens (including phenoxy) is 1. The molecule has 2 unspecified atom stereocenters. The van der Waals surface area contributed by atoms with Gasteiger partial charge in [-0.2, -0.15) is 0 Å². The third kappa shape index (κ3) is 1.98. The van der Waals surface area contributed by atoms with Crippen LogP contribution in [-0.2, 0) is 9.53 Å². The van der Waals surface area contributed by atoms with Crippen molar-refractivity contribution in [2.24, 2.45) is 5.92 Å². The van der Waals surface area contributed by atoms with Gasteiger partial charge < -0.3 is 9.84 Å². The monoisotopic (exact) mass is 182 g/mol. The van der Waals surface area contributed by atoms with E-state index < -0.39 is 6.10 Å². The molecule has 0 saturated carbocycles. The summed E-state index contributed by atoms with van der Waals surface area (Å²) in [6.45, 7) is 3.35.